The van der Waals surface area contributed by atoms with Crippen molar-refractivity contribution in [2.45, 2.75) is 46.1 Å². The summed E-state index contributed by atoms with van der Waals surface area (Å²) in [6, 6.07) is 0. The Bertz CT molecular complexity index is 261. The second-order valence-electron chi connectivity index (χ2n) is 6.44. The maximum absolute atomic E-state index is 4.26. The highest BCUT2D eigenvalue weighted by atomic mass is 15.2. The van der Waals surface area contributed by atoms with E-state index in [4.69, 9.17) is 0 Å². The van der Waals surface area contributed by atoms with E-state index in [-0.39, 0.29) is 5.54 Å². The highest BCUT2D eigenvalue weighted by Crippen LogP contribution is 2.09. The van der Waals surface area contributed by atoms with E-state index in [1.165, 1.54) is 32.5 Å². The quantitative estimate of drug-likeness (QED) is 0.592. The molecule has 2 N–H and O–H groups in total. The van der Waals surface area contributed by atoms with Gasteiger partial charge in [0.15, 0.2) is 5.96 Å². The Labute approximate surface area is 112 Å². The van der Waals surface area contributed by atoms with Gasteiger partial charge in [0.2, 0.25) is 0 Å². The molecule has 1 heterocycles. The summed E-state index contributed by atoms with van der Waals surface area (Å²) >= 11 is 0. The van der Waals surface area contributed by atoms with Crippen LogP contribution in [-0.4, -0.2) is 49.6 Å². The maximum atomic E-state index is 4.26. The first-order valence-corrected chi connectivity index (χ1v) is 7.12. The highest BCUT2D eigenvalue weighted by Gasteiger charge is 2.16. The lowest BCUT2D eigenvalue weighted by atomic mass is 10.1. The molecular formula is C14H30N4. The van der Waals surface area contributed by atoms with Crippen molar-refractivity contribution in [3.63, 3.8) is 0 Å². The first-order valence-electron chi connectivity index (χ1n) is 7.12. The molecule has 0 bridgehead atoms. The van der Waals surface area contributed by atoms with E-state index in [1.807, 2.05) is 7.05 Å². The topological polar surface area (TPSA) is 39.7 Å². The predicted octanol–water partition coefficient (Wildman–Crippen LogP) is 1.68. The predicted molar refractivity (Wildman–Crippen MR) is 79.1 cm³/mol. The summed E-state index contributed by atoms with van der Waals surface area (Å²) in [6.45, 7) is 13.5. The molecule has 106 valence electrons. The van der Waals surface area contributed by atoms with Gasteiger partial charge in [0, 0.05) is 25.7 Å². The maximum Gasteiger partial charge on any atom is 0.191 e. The van der Waals surface area contributed by atoms with Crippen molar-refractivity contribution in [2.24, 2.45) is 10.9 Å². The van der Waals surface area contributed by atoms with E-state index >= 15 is 0 Å². The van der Waals surface area contributed by atoms with Crippen LogP contribution in [0.4, 0.5) is 0 Å². The van der Waals surface area contributed by atoms with E-state index in [0.717, 1.165) is 12.5 Å². The molecule has 1 rings (SSSR count). The van der Waals surface area contributed by atoms with Crippen molar-refractivity contribution in [1.29, 1.82) is 0 Å². The minimum Gasteiger partial charge on any atom is -0.356 e. The van der Waals surface area contributed by atoms with Crippen LogP contribution in [0.5, 0.6) is 0 Å². The largest absolute Gasteiger partial charge is 0.356 e. The second-order valence-corrected chi connectivity index (χ2v) is 6.44. The first-order chi connectivity index (χ1) is 8.40. The summed E-state index contributed by atoms with van der Waals surface area (Å²) in [4.78, 5) is 6.82. The van der Waals surface area contributed by atoms with Crippen molar-refractivity contribution >= 4 is 5.96 Å². The van der Waals surface area contributed by atoms with Crippen LogP contribution in [0.15, 0.2) is 4.99 Å². The molecule has 0 radical (unpaired) electrons. The Hall–Kier alpha value is -0.770. The molecule has 1 saturated heterocycles. The number of nitrogens with zero attached hydrogens (tertiary/aromatic N) is 2. The number of likely N-dealkylation sites (tertiary alicyclic amines) is 1. The van der Waals surface area contributed by atoms with Gasteiger partial charge in [-0.15, -0.1) is 0 Å². The number of rotatable bonds is 4. The van der Waals surface area contributed by atoms with Gasteiger partial charge in [0.25, 0.3) is 0 Å². The summed E-state index contributed by atoms with van der Waals surface area (Å²) in [5.74, 6) is 1.55. The van der Waals surface area contributed by atoms with E-state index in [9.17, 15) is 0 Å². The van der Waals surface area contributed by atoms with Gasteiger partial charge < -0.3 is 15.5 Å². The van der Waals surface area contributed by atoms with Crippen LogP contribution in [0.1, 0.15) is 40.5 Å². The van der Waals surface area contributed by atoms with Crippen molar-refractivity contribution in [3.05, 3.63) is 0 Å². The lowest BCUT2D eigenvalue weighted by Gasteiger charge is -2.26. The Morgan fingerprint density at radius 2 is 1.89 bits per heavy atom. The Morgan fingerprint density at radius 3 is 2.39 bits per heavy atom. The number of nitrogens with one attached hydrogen (secondary N) is 2. The molecule has 4 nitrogen and oxygen atoms in total. The lowest BCUT2D eigenvalue weighted by Crippen LogP contribution is -2.49. The third-order valence-electron chi connectivity index (χ3n) is 3.10. The van der Waals surface area contributed by atoms with Crippen molar-refractivity contribution < 1.29 is 0 Å². The van der Waals surface area contributed by atoms with Crippen LogP contribution < -0.4 is 10.6 Å². The summed E-state index contributed by atoms with van der Waals surface area (Å²) < 4.78 is 0. The zero-order valence-electron chi connectivity index (χ0n) is 12.7. The summed E-state index contributed by atoms with van der Waals surface area (Å²) in [6.07, 6.45) is 2.74. The number of guanidine groups is 1. The fraction of sp³-hybridized carbons (Fsp3) is 0.929. The number of hydrogen-bond donors (Lipinski definition) is 2. The van der Waals surface area contributed by atoms with Crippen LogP contribution in [0, 0.1) is 5.92 Å². The fourth-order valence-corrected chi connectivity index (χ4v) is 2.28. The van der Waals surface area contributed by atoms with Gasteiger partial charge in [-0.2, -0.15) is 0 Å². The van der Waals surface area contributed by atoms with Gasteiger partial charge in [-0.3, -0.25) is 4.99 Å². The van der Waals surface area contributed by atoms with Gasteiger partial charge in [0.1, 0.15) is 0 Å². The molecule has 0 aromatic rings. The molecule has 1 unspecified atom stereocenters. The first kappa shape index (κ1) is 15.3. The molecule has 0 amide bonds. The van der Waals surface area contributed by atoms with Crippen LogP contribution in [0.25, 0.3) is 0 Å². The fourth-order valence-electron chi connectivity index (χ4n) is 2.28. The molecule has 0 aromatic heterocycles. The van der Waals surface area contributed by atoms with Gasteiger partial charge in [0.05, 0.1) is 0 Å². The van der Waals surface area contributed by atoms with Crippen molar-refractivity contribution in [3.8, 4) is 0 Å². The Morgan fingerprint density at radius 1 is 1.28 bits per heavy atom. The van der Waals surface area contributed by atoms with E-state index in [1.54, 1.807) is 0 Å². The normalized spacial score (nSPS) is 19.9. The zero-order valence-corrected chi connectivity index (χ0v) is 12.7. The molecular weight excluding hydrogens is 224 g/mol. The lowest BCUT2D eigenvalue weighted by molar-refractivity contribution is 0.287. The molecule has 1 aliphatic heterocycles. The molecule has 1 aliphatic rings. The zero-order chi connectivity index (χ0) is 13.6. The second kappa shape index (κ2) is 6.98. The van der Waals surface area contributed by atoms with Crippen LogP contribution in [0.2, 0.25) is 0 Å². The average molecular weight is 254 g/mol. The monoisotopic (exact) mass is 254 g/mol. The molecule has 0 aromatic carbocycles. The van der Waals surface area contributed by atoms with Crippen molar-refractivity contribution in [2.75, 3.05) is 33.2 Å². The van der Waals surface area contributed by atoms with E-state index in [0.29, 0.717) is 5.92 Å². The smallest absolute Gasteiger partial charge is 0.191 e. The molecule has 0 saturated carbocycles. The van der Waals surface area contributed by atoms with Gasteiger partial charge >= 0.3 is 0 Å². The minimum absolute atomic E-state index is 0.0556. The minimum atomic E-state index is 0.0556. The Kier molecular flexibility index (Phi) is 5.93. The number of hydrogen-bond acceptors (Lipinski definition) is 2. The van der Waals surface area contributed by atoms with Crippen LogP contribution >= 0.6 is 0 Å². The van der Waals surface area contributed by atoms with Gasteiger partial charge in [-0.1, -0.05) is 6.92 Å². The van der Waals surface area contributed by atoms with Crippen LogP contribution in [-0.2, 0) is 0 Å². The third-order valence-corrected chi connectivity index (χ3v) is 3.10. The van der Waals surface area contributed by atoms with Crippen LogP contribution in [0.3, 0.4) is 0 Å². The molecule has 0 spiro atoms. The molecule has 4 heteroatoms. The van der Waals surface area contributed by atoms with Gasteiger partial charge in [-0.25, -0.2) is 0 Å². The van der Waals surface area contributed by atoms with E-state index < -0.39 is 0 Å². The third kappa shape index (κ3) is 6.24. The Balaban J connectivity index is 2.25. The number of aliphatic imine (C=N–C) groups is 1. The van der Waals surface area contributed by atoms with E-state index in [2.05, 4.69) is 48.2 Å². The SMILES string of the molecule is CN=C(NCC(C)CN1CCCC1)NC(C)(C)C. The van der Waals surface area contributed by atoms with Gasteiger partial charge in [-0.05, 0) is 52.6 Å². The highest BCUT2D eigenvalue weighted by molar-refractivity contribution is 5.80. The standard InChI is InChI=1S/C14H30N4/c1-12(11-18-8-6-7-9-18)10-16-13(15-5)17-14(2,3)4/h12H,6-11H2,1-5H3,(H2,15,16,17). The summed E-state index contributed by atoms with van der Waals surface area (Å²) in [7, 11) is 1.83. The molecule has 18 heavy (non-hydrogen) atoms. The molecule has 1 atom stereocenters. The summed E-state index contributed by atoms with van der Waals surface area (Å²) in [5, 5.41) is 6.79. The average Bonchev–Trinajstić information content (AvgIpc) is 2.75. The molecule has 1 fully saturated rings. The van der Waals surface area contributed by atoms with Crippen molar-refractivity contribution in [1.82, 2.24) is 15.5 Å². The summed E-state index contributed by atoms with van der Waals surface area (Å²) in [5.41, 5.74) is 0.0556. The molecule has 0 aliphatic carbocycles.